The first kappa shape index (κ1) is 16.9. The molecule has 0 saturated carbocycles. The fourth-order valence-corrected chi connectivity index (χ4v) is 2.31. The summed E-state index contributed by atoms with van der Waals surface area (Å²) in [4.78, 5) is 14.0. The van der Waals surface area contributed by atoms with Crippen LogP contribution in [-0.4, -0.2) is 43.5 Å². The molecule has 1 aliphatic heterocycles. The van der Waals surface area contributed by atoms with E-state index in [1.165, 1.54) is 6.07 Å². The molecule has 2 rings (SSSR count). The number of carbonyl (C=O) groups is 1. The third kappa shape index (κ3) is 4.74. The number of carbonyl (C=O) groups excluding carboxylic acids is 1. The van der Waals surface area contributed by atoms with Crippen molar-refractivity contribution < 1.29 is 9.18 Å². The van der Waals surface area contributed by atoms with Gasteiger partial charge in [-0.05, 0) is 32.1 Å². The van der Waals surface area contributed by atoms with Crippen molar-refractivity contribution in [2.45, 2.75) is 18.9 Å². The molecule has 0 aromatic heterocycles. The summed E-state index contributed by atoms with van der Waals surface area (Å²) >= 11 is 0. The first-order valence-corrected chi connectivity index (χ1v) is 6.63. The van der Waals surface area contributed by atoms with E-state index in [0.29, 0.717) is 12.5 Å². The number of amides is 1. The van der Waals surface area contributed by atoms with Gasteiger partial charge in [-0.2, -0.15) is 0 Å². The zero-order valence-corrected chi connectivity index (χ0v) is 12.4. The number of anilines is 1. The van der Waals surface area contributed by atoms with E-state index in [9.17, 15) is 9.18 Å². The van der Waals surface area contributed by atoms with Crippen molar-refractivity contribution in [2.24, 2.45) is 0 Å². The van der Waals surface area contributed by atoms with E-state index >= 15 is 0 Å². The van der Waals surface area contributed by atoms with Crippen LogP contribution in [0.4, 0.5) is 10.1 Å². The highest BCUT2D eigenvalue weighted by Crippen LogP contribution is 2.13. The van der Waals surface area contributed by atoms with E-state index in [1.807, 2.05) is 7.05 Å². The molecule has 1 fully saturated rings. The molecule has 1 heterocycles. The average molecular weight is 302 g/mol. The molecule has 20 heavy (non-hydrogen) atoms. The predicted octanol–water partition coefficient (Wildman–Crippen LogP) is 1.87. The molecule has 1 aromatic rings. The van der Waals surface area contributed by atoms with Gasteiger partial charge >= 0.3 is 0 Å². The van der Waals surface area contributed by atoms with Gasteiger partial charge in [0.1, 0.15) is 5.82 Å². The summed E-state index contributed by atoms with van der Waals surface area (Å²) in [5.74, 6) is -0.537. The smallest absolute Gasteiger partial charge is 0.225 e. The van der Waals surface area contributed by atoms with Gasteiger partial charge in [-0.15, -0.1) is 12.4 Å². The van der Waals surface area contributed by atoms with E-state index < -0.39 is 5.82 Å². The molecular formula is C14H21ClFN3O. The Bertz CT molecular complexity index is 444. The Morgan fingerprint density at radius 2 is 2.20 bits per heavy atom. The predicted molar refractivity (Wildman–Crippen MR) is 80.8 cm³/mol. The van der Waals surface area contributed by atoms with Crippen LogP contribution in [-0.2, 0) is 4.79 Å². The van der Waals surface area contributed by atoms with Gasteiger partial charge in [-0.1, -0.05) is 12.1 Å². The molecule has 1 amide bonds. The molecule has 1 saturated heterocycles. The molecule has 1 atom stereocenters. The molecule has 1 aliphatic rings. The Morgan fingerprint density at radius 3 is 2.85 bits per heavy atom. The molecule has 1 unspecified atom stereocenters. The number of hydrogen-bond acceptors (Lipinski definition) is 3. The lowest BCUT2D eigenvalue weighted by Gasteiger charge is -2.15. The van der Waals surface area contributed by atoms with Crippen LogP contribution >= 0.6 is 12.4 Å². The quantitative estimate of drug-likeness (QED) is 0.873. The molecule has 112 valence electrons. The Hall–Kier alpha value is -1.17. The molecular weight excluding hydrogens is 281 g/mol. The second kappa shape index (κ2) is 8.19. The van der Waals surface area contributed by atoms with Crippen LogP contribution in [0.1, 0.15) is 12.8 Å². The molecule has 0 bridgehead atoms. The number of rotatable bonds is 5. The summed E-state index contributed by atoms with van der Waals surface area (Å²) in [6.07, 6.45) is 1.51. The minimum atomic E-state index is -0.396. The largest absolute Gasteiger partial charge is 0.324 e. The number of benzene rings is 1. The van der Waals surface area contributed by atoms with Crippen LogP contribution in [0.5, 0.6) is 0 Å². The van der Waals surface area contributed by atoms with Crippen molar-refractivity contribution in [1.82, 2.24) is 10.2 Å². The Kier molecular flexibility index (Phi) is 6.91. The molecule has 0 aliphatic carbocycles. The number of likely N-dealkylation sites (N-methyl/N-ethyl adjacent to an activating group) is 1. The molecule has 4 nitrogen and oxygen atoms in total. The van der Waals surface area contributed by atoms with Crippen molar-refractivity contribution in [3.63, 3.8) is 0 Å². The summed E-state index contributed by atoms with van der Waals surface area (Å²) in [6.45, 7) is 2.71. The standard InChI is InChI=1S/C14H20FN3O.ClH/c1-16-11-6-8-18(10-11)9-7-14(19)17-13-5-3-2-4-12(13)15;/h2-5,11,16H,6-10H2,1H3,(H,17,19);1H. The van der Waals surface area contributed by atoms with E-state index in [2.05, 4.69) is 15.5 Å². The van der Waals surface area contributed by atoms with Gasteiger partial charge in [0.05, 0.1) is 5.69 Å². The highest BCUT2D eigenvalue weighted by Gasteiger charge is 2.21. The molecule has 0 radical (unpaired) electrons. The van der Waals surface area contributed by atoms with E-state index in [4.69, 9.17) is 0 Å². The summed E-state index contributed by atoms with van der Waals surface area (Å²) in [7, 11) is 1.96. The van der Waals surface area contributed by atoms with E-state index in [-0.39, 0.29) is 24.0 Å². The van der Waals surface area contributed by atoms with Crippen LogP contribution in [0.2, 0.25) is 0 Å². The summed E-state index contributed by atoms with van der Waals surface area (Å²) < 4.78 is 13.4. The van der Waals surface area contributed by atoms with Gasteiger partial charge in [0, 0.05) is 25.6 Å². The number of nitrogens with zero attached hydrogens (tertiary/aromatic N) is 1. The van der Waals surface area contributed by atoms with Crippen LogP contribution in [0.3, 0.4) is 0 Å². The van der Waals surface area contributed by atoms with Crippen molar-refractivity contribution >= 4 is 24.0 Å². The lowest BCUT2D eigenvalue weighted by molar-refractivity contribution is -0.116. The van der Waals surface area contributed by atoms with Gasteiger partial charge in [0.25, 0.3) is 0 Å². The van der Waals surface area contributed by atoms with Gasteiger partial charge in [0.2, 0.25) is 5.91 Å². The van der Waals surface area contributed by atoms with Crippen LogP contribution in [0, 0.1) is 5.82 Å². The fraction of sp³-hybridized carbons (Fsp3) is 0.500. The molecule has 0 spiro atoms. The summed E-state index contributed by atoms with van der Waals surface area (Å²) in [5.41, 5.74) is 0.252. The zero-order chi connectivity index (χ0) is 13.7. The highest BCUT2D eigenvalue weighted by atomic mass is 35.5. The maximum atomic E-state index is 13.4. The first-order chi connectivity index (χ1) is 9.19. The SMILES string of the molecule is CNC1CCN(CCC(=O)Nc2ccccc2F)C1.Cl. The number of para-hydroxylation sites is 1. The maximum absolute atomic E-state index is 13.4. The number of likely N-dealkylation sites (tertiary alicyclic amines) is 1. The van der Waals surface area contributed by atoms with E-state index in [0.717, 1.165) is 26.1 Å². The second-order valence-electron chi connectivity index (χ2n) is 4.85. The first-order valence-electron chi connectivity index (χ1n) is 6.63. The van der Waals surface area contributed by atoms with Crippen molar-refractivity contribution in [3.8, 4) is 0 Å². The molecule has 2 N–H and O–H groups in total. The Morgan fingerprint density at radius 1 is 1.45 bits per heavy atom. The fourth-order valence-electron chi connectivity index (χ4n) is 2.31. The lowest BCUT2D eigenvalue weighted by Crippen LogP contribution is -2.31. The minimum absolute atomic E-state index is 0. The zero-order valence-electron chi connectivity index (χ0n) is 11.6. The topological polar surface area (TPSA) is 44.4 Å². The summed E-state index contributed by atoms with van der Waals surface area (Å²) in [5, 5.41) is 5.84. The third-order valence-electron chi connectivity index (χ3n) is 3.48. The molecule has 1 aromatic carbocycles. The Balaban J connectivity index is 0.00000200. The van der Waals surface area contributed by atoms with Gasteiger partial charge in [-0.25, -0.2) is 4.39 Å². The molecule has 6 heteroatoms. The van der Waals surface area contributed by atoms with Crippen LogP contribution < -0.4 is 10.6 Å². The van der Waals surface area contributed by atoms with E-state index in [1.54, 1.807) is 18.2 Å². The monoisotopic (exact) mass is 301 g/mol. The van der Waals surface area contributed by atoms with Crippen molar-refractivity contribution in [2.75, 3.05) is 32.0 Å². The van der Waals surface area contributed by atoms with Crippen molar-refractivity contribution in [3.05, 3.63) is 30.1 Å². The average Bonchev–Trinajstić information content (AvgIpc) is 2.87. The second-order valence-corrected chi connectivity index (χ2v) is 4.85. The van der Waals surface area contributed by atoms with Crippen molar-refractivity contribution in [1.29, 1.82) is 0 Å². The van der Waals surface area contributed by atoms with Crippen LogP contribution in [0.15, 0.2) is 24.3 Å². The normalized spacial score (nSPS) is 18.6. The highest BCUT2D eigenvalue weighted by molar-refractivity contribution is 5.90. The lowest BCUT2D eigenvalue weighted by atomic mass is 10.3. The Labute approximate surface area is 125 Å². The van der Waals surface area contributed by atoms with Gasteiger partial charge in [-0.3, -0.25) is 4.79 Å². The third-order valence-corrected chi connectivity index (χ3v) is 3.48. The van der Waals surface area contributed by atoms with Gasteiger partial charge in [0.15, 0.2) is 0 Å². The minimum Gasteiger partial charge on any atom is -0.324 e. The van der Waals surface area contributed by atoms with Crippen LogP contribution in [0.25, 0.3) is 0 Å². The number of nitrogens with one attached hydrogen (secondary N) is 2. The number of halogens is 2. The number of hydrogen-bond donors (Lipinski definition) is 2. The summed E-state index contributed by atoms with van der Waals surface area (Å²) in [6, 6.07) is 6.74. The van der Waals surface area contributed by atoms with Gasteiger partial charge < -0.3 is 15.5 Å². The maximum Gasteiger partial charge on any atom is 0.225 e.